The highest BCUT2D eigenvalue weighted by molar-refractivity contribution is 7.90. The molecule has 5 heteroatoms. The summed E-state index contributed by atoms with van der Waals surface area (Å²) < 4.78 is 23.1. The summed E-state index contributed by atoms with van der Waals surface area (Å²) >= 11 is 1.83. The molecule has 0 radical (unpaired) electrons. The van der Waals surface area contributed by atoms with Crippen LogP contribution in [0.25, 0.3) is 0 Å². The van der Waals surface area contributed by atoms with Crippen molar-refractivity contribution in [3.8, 4) is 0 Å². The molecule has 3 heterocycles. The zero-order valence-corrected chi connectivity index (χ0v) is 10.7. The molecule has 1 N–H and O–H groups in total. The van der Waals surface area contributed by atoms with Crippen molar-refractivity contribution in [1.29, 1.82) is 0 Å². The van der Waals surface area contributed by atoms with E-state index in [0.29, 0.717) is 11.7 Å². The first kappa shape index (κ1) is 10.7. The van der Waals surface area contributed by atoms with Crippen molar-refractivity contribution in [2.45, 2.75) is 24.5 Å². The molecule has 2 aliphatic heterocycles. The minimum Gasteiger partial charge on any atom is -0.316 e. The van der Waals surface area contributed by atoms with Crippen molar-refractivity contribution >= 4 is 21.2 Å². The van der Waals surface area contributed by atoms with Crippen LogP contribution in [0, 0.1) is 0 Å². The van der Waals surface area contributed by atoms with E-state index in [2.05, 4.69) is 11.4 Å². The molecule has 1 aromatic rings. The Morgan fingerprint density at radius 1 is 1.44 bits per heavy atom. The first-order valence-corrected chi connectivity index (χ1v) is 8.30. The molecule has 1 atom stereocenters. The van der Waals surface area contributed by atoms with Gasteiger partial charge in [0.25, 0.3) is 0 Å². The molecule has 1 fully saturated rings. The standard InChI is InChI=1S/C11H15NO2S2/c13-16(14)4-2-10-9(7-16)5-11(15-10)8-1-3-12-6-8/h5,8,12H,1-4,6-7H2. The fourth-order valence-electron chi connectivity index (χ4n) is 2.48. The molecule has 16 heavy (non-hydrogen) atoms. The Morgan fingerprint density at radius 3 is 3.06 bits per heavy atom. The normalized spacial score (nSPS) is 27.9. The van der Waals surface area contributed by atoms with E-state index < -0.39 is 9.84 Å². The topological polar surface area (TPSA) is 46.2 Å². The molecule has 0 spiro atoms. The van der Waals surface area contributed by atoms with Crippen LogP contribution in [0.15, 0.2) is 6.07 Å². The second kappa shape index (κ2) is 3.82. The van der Waals surface area contributed by atoms with Crippen molar-refractivity contribution in [3.05, 3.63) is 21.4 Å². The van der Waals surface area contributed by atoms with Crippen molar-refractivity contribution in [3.63, 3.8) is 0 Å². The predicted molar refractivity (Wildman–Crippen MR) is 65.7 cm³/mol. The molecule has 3 nitrogen and oxygen atoms in total. The SMILES string of the molecule is O=S1(=O)CCc2sc(C3CCNC3)cc2C1. The maximum atomic E-state index is 11.5. The third kappa shape index (κ3) is 1.92. The van der Waals surface area contributed by atoms with E-state index >= 15 is 0 Å². The summed E-state index contributed by atoms with van der Waals surface area (Å²) in [4.78, 5) is 2.68. The highest BCUT2D eigenvalue weighted by Crippen LogP contribution is 2.35. The van der Waals surface area contributed by atoms with E-state index in [1.807, 2.05) is 11.3 Å². The fraction of sp³-hybridized carbons (Fsp3) is 0.636. The average Bonchev–Trinajstić information content (AvgIpc) is 2.81. The fourth-order valence-corrected chi connectivity index (χ4v) is 5.41. The lowest BCUT2D eigenvalue weighted by Crippen LogP contribution is -2.16. The largest absolute Gasteiger partial charge is 0.316 e. The number of rotatable bonds is 1. The number of thiophene rings is 1. The molecular formula is C11H15NO2S2. The summed E-state index contributed by atoms with van der Waals surface area (Å²) in [6.45, 7) is 2.14. The van der Waals surface area contributed by atoms with E-state index in [9.17, 15) is 8.42 Å². The predicted octanol–water partition coefficient (Wildman–Crippen LogP) is 1.30. The number of fused-ring (bicyclic) bond motifs is 1. The molecule has 1 saturated heterocycles. The van der Waals surface area contributed by atoms with E-state index in [0.717, 1.165) is 25.1 Å². The van der Waals surface area contributed by atoms with Crippen molar-refractivity contribution in [2.75, 3.05) is 18.8 Å². The van der Waals surface area contributed by atoms with E-state index in [4.69, 9.17) is 0 Å². The second-order valence-corrected chi connectivity index (χ2v) is 7.98. The van der Waals surface area contributed by atoms with Gasteiger partial charge in [-0.2, -0.15) is 0 Å². The highest BCUT2D eigenvalue weighted by Gasteiger charge is 2.26. The van der Waals surface area contributed by atoms with Gasteiger partial charge in [-0.15, -0.1) is 11.3 Å². The first-order valence-electron chi connectivity index (χ1n) is 5.67. The summed E-state index contributed by atoms with van der Waals surface area (Å²) in [5, 5.41) is 3.36. The zero-order valence-electron chi connectivity index (χ0n) is 9.03. The molecule has 88 valence electrons. The van der Waals surface area contributed by atoms with Crippen LogP contribution in [0.4, 0.5) is 0 Å². The van der Waals surface area contributed by atoms with Gasteiger partial charge in [0.15, 0.2) is 9.84 Å². The van der Waals surface area contributed by atoms with Gasteiger partial charge in [-0.05, 0) is 31.0 Å². The molecule has 1 unspecified atom stereocenters. The molecule has 1 aromatic heterocycles. The van der Waals surface area contributed by atoms with Crippen molar-refractivity contribution in [1.82, 2.24) is 5.32 Å². The van der Waals surface area contributed by atoms with Crippen LogP contribution in [0.1, 0.15) is 27.7 Å². The van der Waals surface area contributed by atoms with Gasteiger partial charge >= 0.3 is 0 Å². The summed E-state index contributed by atoms with van der Waals surface area (Å²) in [6, 6.07) is 2.13. The lowest BCUT2D eigenvalue weighted by molar-refractivity contribution is 0.592. The Morgan fingerprint density at radius 2 is 2.31 bits per heavy atom. The van der Waals surface area contributed by atoms with Crippen LogP contribution >= 0.6 is 11.3 Å². The number of sulfone groups is 1. The van der Waals surface area contributed by atoms with Crippen molar-refractivity contribution in [2.24, 2.45) is 0 Å². The van der Waals surface area contributed by atoms with E-state index in [1.165, 1.54) is 16.2 Å². The van der Waals surface area contributed by atoms with Crippen LogP contribution in [-0.2, 0) is 22.0 Å². The number of hydrogen-bond donors (Lipinski definition) is 1. The van der Waals surface area contributed by atoms with Gasteiger partial charge in [-0.1, -0.05) is 0 Å². The maximum absolute atomic E-state index is 11.5. The minimum atomic E-state index is -2.82. The van der Waals surface area contributed by atoms with Crippen LogP contribution in [0.2, 0.25) is 0 Å². The van der Waals surface area contributed by atoms with Crippen LogP contribution < -0.4 is 5.32 Å². The van der Waals surface area contributed by atoms with Crippen LogP contribution in [-0.4, -0.2) is 27.3 Å². The molecule has 0 bridgehead atoms. The third-order valence-electron chi connectivity index (χ3n) is 3.39. The van der Waals surface area contributed by atoms with Gasteiger partial charge in [0.05, 0.1) is 11.5 Å². The van der Waals surface area contributed by atoms with Crippen LogP contribution in [0.5, 0.6) is 0 Å². The Bertz CT molecular complexity index is 498. The Kier molecular flexibility index (Phi) is 2.57. The highest BCUT2D eigenvalue weighted by atomic mass is 32.2. The monoisotopic (exact) mass is 257 g/mol. The quantitative estimate of drug-likeness (QED) is 0.825. The van der Waals surface area contributed by atoms with Gasteiger partial charge in [-0.3, -0.25) is 0 Å². The lowest BCUT2D eigenvalue weighted by Gasteiger charge is -2.10. The third-order valence-corrected chi connectivity index (χ3v) is 6.37. The summed E-state index contributed by atoms with van der Waals surface area (Å²) in [6.07, 6.45) is 1.91. The first-order chi connectivity index (χ1) is 7.64. The maximum Gasteiger partial charge on any atom is 0.154 e. The van der Waals surface area contributed by atoms with Gasteiger partial charge in [-0.25, -0.2) is 8.42 Å². The van der Waals surface area contributed by atoms with Gasteiger partial charge in [0, 0.05) is 22.2 Å². The molecule has 2 aliphatic rings. The lowest BCUT2D eigenvalue weighted by atomic mass is 10.1. The number of hydrogen-bond acceptors (Lipinski definition) is 4. The van der Waals surface area contributed by atoms with E-state index in [-0.39, 0.29) is 5.75 Å². The van der Waals surface area contributed by atoms with Gasteiger partial charge < -0.3 is 5.32 Å². The molecule has 0 amide bonds. The van der Waals surface area contributed by atoms with Gasteiger partial charge in [0.1, 0.15) is 0 Å². The summed E-state index contributed by atoms with van der Waals surface area (Å²) in [7, 11) is -2.82. The average molecular weight is 257 g/mol. The zero-order chi connectivity index (χ0) is 11.2. The van der Waals surface area contributed by atoms with Crippen molar-refractivity contribution < 1.29 is 8.42 Å². The molecule has 0 aliphatic carbocycles. The minimum absolute atomic E-state index is 0.263. The second-order valence-electron chi connectivity index (χ2n) is 4.63. The molecule has 0 aromatic carbocycles. The number of nitrogens with one attached hydrogen (secondary N) is 1. The Balaban J connectivity index is 1.92. The molecule has 0 saturated carbocycles. The smallest absolute Gasteiger partial charge is 0.154 e. The molecule has 3 rings (SSSR count). The molecular weight excluding hydrogens is 242 g/mol. The van der Waals surface area contributed by atoms with E-state index in [1.54, 1.807) is 0 Å². The Hall–Kier alpha value is -0.390. The summed E-state index contributed by atoms with van der Waals surface area (Å²) in [5.74, 6) is 1.21. The van der Waals surface area contributed by atoms with Crippen LogP contribution in [0.3, 0.4) is 0 Å². The Labute approximate surface area is 99.8 Å². The number of aryl methyl sites for hydroxylation is 1. The van der Waals surface area contributed by atoms with Gasteiger partial charge in [0.2, 0.25) is 0 Å². The summed E-state index contributed by atoms with van der Waals surface area (Å²) in [5.41, 5.74) is 1.07.